The number of aromatic amines is 1. The fraction of sp³-hybridized carbons (Fsp3) is 0.733. The number of halogens is 1. The van der Waals surface area contributed by atoms with Gasteiger partial charge in [0.25, 0.3) is 0 Å². The molecule has 4 nitrogen and oxygen atoms in total. The summed E-state index contributed by atoms with van der Waals surface area (Å²) in [5.74, 6) is 1.47. The number of ether oxygens (including phenoxy) is 2. The maximum atomic E-state index is 6.16. The first-order chi connectivity index (χ1) is 10.0. The Morgan fingerprint density at radius 1 is 1.52 bits per heavy atom. The van der Waals surface area contributed by atoms with Crippen molar-refractivity contribution in [2.24, 2.45) is 5.92 Å². The molecule has 0 amide bonds. The maximum Gasteiger partial charge on any atom is 0.144 e. The molecule has 2 atom stereocenters. The van der Waals surface area contributed by atoms with Crippen LogP contribution in [0, 0.1) is 10.6 Å². The first-order valence-electron chi connectivity index (χ1n) is 7.44. The highest BCUT2D eigenvalue weighted by Crippen LogP contribution is 2.42. The SMILES string of the molecule is CCOC1(c2nc(=S)c(Br)c(COC)[nH]2)CCCC(C)C1. The normalized spacial score (nSPS) is 26.0. The molecule has 1 heterocycles. The van der Waals surface area contributed by atoms with E-state index in [9.17, 15) is 0 Å². The topological polar surface area (TPSA) is 47.1 Å². The van der Waals surface area contributed by atoms with Crippen molar-refractivity contribution in [3.8, 4) is 0 Å². The Kier molecular flexibility index (Phi) is 5.94. The van der Waals surface area contributed by atoms with E-state index in [4.69, 9.17) is 21.7 Å². The number of nitrogens with one attached hydrogen (secondary N) is 1. The number of methoxy groups -OCH3 is 1. The number of aromatic nitrogens is 2. The van der Waals surface area contributed by atoms with Crippen LogP contribution in [-0.4, -0.2) is 23.7 Å². The van der Waals surface area contributed by atoms with E-state index >= 15 is 0 Å². The van der Waals surface area contributed by atoms with Crippen LogP contribution in [-0.2, 0) is 21.7 Å². The van der Waals surface area contributed by atoms with E-state index in [1.54, 1.807) is 7.11 Å². The van der Waals surface area contributed by atoms with E-state index in [-0.39, 0.29) is 5.60 Å². The number of rotatable bonds is 5. The van der Waals surface area contributed by atoms with Crippen LogP contribution in [0.3, 0.4) is 0 Å². The summed E-state index contributed by atoms with van der Waals surface area (Å²) in [5, 5.41) is 0. The van der Waals surface area contributed by atoms with Gasteiger partial charge >= 0.3 is 0 Å². The minimum atomic E-state index is -0.344. The highest BCUT2D eigenvalue weighted by molar-refractivity contribution is 9.10. The van der Waals surface area contributed by atoms with Crippen molar-refractivity contribution in [2.45, 2.75) is 51.7 Å². The second-order valence-electron chi connectivity index (χ2n) is 5.74. The van der Waals surface area contributed by atoms with Gasteiger partial charge in [-0.3, -0.25) is 0 Å². The zero-order valence-electron chi connectivity index (χ0n) is 12.9. The highest BCUT2D eigenvalue weighted by atomic mass is 79.9. The molecular weight excluding hydrogens is 352 g/mol. The zero-order valence-corrected chi connectivity index (χ0v) is 15.3. The highest BCUT2D eigenvalue weighted by Gasteiger charge is 2.39. The third-order valence-corrected chi connectivity index (χ3v) is 5.44. The van der Waals surface area contributed by atoms with Crippen molar-refractivity contribution in [3.05, 3.63) is 20.6 Å². The molecule has 1 aromatic heterocycles. The molecule has 1 saturated carbocycles. The van der Waals surface area contributed by atoms with E-state index in [1.165, 1.54) is 6.42 Å². The van der Waals surface area contributed by atoms with Crippen LogP contribution >= 0.6 is 28.1 Å². The molecule has 2 rings (SSSR count). The second-order valence-corrected chi connectivity index (χ2v) is 6.92. The molecule has 0 radical (unpaired) electrons. The van der Waals surface area contributed by atoms with Gasteiger partial charge in [-0.05, 0) is 48.0 Å². The monoisotopic (exact) mass is 374 g/mol. The predicted octanol–water partition coefficient (Wildman–Crippen LogP) is 4.49. The second kappa shape index (κ2) is 7.31. The van der Waals surface area contributed by atoms with Crippen LogP contribution in [0.15, 0.2) is 4.47 Å². The summed E-state index contributed by atoms with van der Waals surface area (Å²) in [4.78, 5) is 7.99. The summed E-state index contributed by atoms with van der Waals surface area (Å²) < 4.78 is 12.8. The molecule has 1 N–H and O–H groups in total. The molecule has 0 aliphatic heterocycles. The van der Waals surface area contributed by atoms with E-state index in [0.29, 0.717) is 23.8 Å². The van der Waals surface area contributed by atoms with Crippen molar-refractivity contribution in [1.82, 2.24) is 9.97 Å². The Morgan fingerprint density at radius 2 is 2.29 bits per heavy atom. The van der Waals surface area contributed by atoms with Crippen molar-refractivity contribution >= 4 is 28.1 Å². The van der Waals surface area contributed by atoms with E-state index < -0.39 is 0 Å². The van der Waals surface area contributed by atoms with Gasteiger partial charge in [0.2, 0.25) is 0 Å². The standard InChI is InChI=1S/C15H23BrN2O2S/c1-4-20-15(7-5-6-10(2)8-15)14-17-11(9-19-3)12(16)13(21)18-14/h10H,4-9H2,1-3H3,(H,17,18,21). The average molecular weight is 375 g/mol. The smallest absolute Gasteiger partial charge is 0.144 e. The lowest BCUT2D eigenvalue weighted by molar-refractivity contribution is -0.0884. The molecule has 118 valence electrons. The molecule has 0 saturated heterocycles. The fourth-order valence-corrected chi connectivity index (χ4v) is 3.68. The lowest BCUT2D eigenvalue weighted by Gasteiger charge is -2.39. The fourth-order valence-electron chi connectivity index (χ4n) is 3.16. The molecule has 0 aromatic carbocycles. The van der Waals surface area contributed by atoms with Crippen molar-refractivity contribution < 1.29 is 9.47 Å². The Bertz CT molecular complexity index is 545. The van der Waals surface area contributed by atoms with E-state index in [2.05, 4.69) is 32.8 Å². The molecular formula is C15H23BrN2O2S. The molecule has 1 aromatic rings. The van der Waals surface area contributed by atoms with Gasteiger partial charge in [-0.2, -0.15) is 0 Å². The van der Waals surface area contributed by atoms with Gasteiger partial charge in [-0.1, -0.05) is 25.6 Å². The first kappa shape index (κ1) is 17.1. The predicted molar refractivity (Wildman–Crippen MR) is 88.8 cm³/mol. The van der Waals surface area contributed by atoms with Crippen molar-refractivity contribution in [3.63, 3.8) is 0 Å². The third kappa shape index (κ3) is 3.73. The van der Waals surface area contributed by atoms with Gasteiger partial charge < -0.3 is 14.5 Å². The van der Waals surface area contributed by atoms with Crippen LogP contribution in [0.1, 0.15) is 51.0 Å². The summed E-state index contributed by atoms with van der Waals surface area (Å²) in [6.45, 7) is 5.45. The number of hydrogen-bond acceptors (Lipinski definition) is 4. The van der Waals surface area contributed by atoms with Gasteiger partial charge in [0.05, 0.1) is 16.8 Å². The number of hydrogen-bond donors (Lipinski definition) is 1. The van der Waals surface area contributed by atoms with Gasteiger partial charge in [0.1, 0.15) is 16.1 Å². The molecule has 0 spiro atoms. The van der Waals surface area contributed by atoms with Crippen LogP contribution in [0.4, 0.5) is 0 Å². The molecule has 6 heteroatoms. The average Bonchev–Trinajstić information content (AvgIpc) is 2.44. The zero-order chi connectivity index (χ0) is 15.5. The molecule has 0 bridgehead atoms. The molecule has 1 aliphatic rings. The molecule has 1 aliphatic carbocycles. The lowest BCUT2D eigenvalue weighted by atomic mass is 9.78. The van der Waals surface area contributed by atoms with Gasteiger partial charge in [-0.15, -0.1) is 0 Å². The quantitative estimate of drug-likeness (QED) is 0.771. The number of H-pyrrole nitrogens is 1. The Balaban J connectivity index is 2.47. The van der Waals surface area contributed by atoms with Gasteiger partial charge in [-0.25, -0.2) is 4.98 Å². The summed E-state index contributed by atoms with van der Waals surface area (Å²) >= 11 is 8.87. The van der Waals surface area contributed by atoms with Gasteiger partial charge in [0.15, 0.2) is 0 Å². The minimum Gasteiger partial charge on any atom is -0.378 e. The Morgan fingerprint density at radius 3 is 2.90 bits per heavy atom. The van der Waals surface area contributed by atoms with Crippen LogP contribution < -0.4 is 0 Å². The summed E-state index contributed by atoms with van der Waals surface area (Å²) in [7, 11) is 1.67. The Labute approximate surface area is 139 Å². The molecule has 1 fully saturated rings. The first-order valence-corrected chi connectivity index (χ1v) is 8.64. The van der Waals surface area contributed by atoms with Crippen molar-refractivity contribution in [1.29, 1.82) is 0 Å². The van der Waals surface area contributed by atoms with E-state index in [0.717, 1.165) is 35.3 Å². The largest absolute Gasteiger partial charge is 0.378 e. The minimum absolute atomic E-state index is 0.344. The van der Waals surface area contributed by atoms with Crippen LogP contribution in [0.25, 0.3) is 0 Å². The lowest BCUT2D eigenvalue weighted by Crippen LogP contribution is -2.37. The Hall–Kier alpha value is -0.300. The van der Waals surface area contributed by atoms with Gasteiger partial charge in [0, 0.05) is 13.7 Å². The third-order valence-electron chi connectivity index (χ3n) is 4.03. The van der Waals surface area contributed by atoms with E-state index in [1.807, 2.05) is 6.92 Å². The van der Waals surface area contributed by atoms with Crippen LogP contribution in [0.2, 0.25) is 0 Å². The number of nitrogens with zero attached hydrogens (tertiary/aromatic N) is 1. The summed E-state index contributed by atoms with van der Waals surface area (Å²) in [6, 6.07) is 0. The van der Waals surface area contributed by atoms with Crippen LogP contribution in [0.5, 0.6) is 0 Å². The summed E-state index contributed by atoms with van der Waals surface area (Å²) in [6.07, 6.45) is 4.36. The van der Waals surface area contributed by atoms with Crippen molar-refractivity contribution in [2.75, 3.05) is 13.7 Å². The summed E-state index contributed by atoms with van der Waals surface area (Å²) in [5.41, 5.74) is 0.577. The molecule has 21 heavy (non-hydrogen) atoms. The molecule has 2 unspecified atom stereocenters. The maximum absolute atomic E-state index is 6.16.